The lowest BCUT2D eigenvalue weighted by molar-refractivity contribution is -0.111. The van der Waals surface area contributed by atoms with Crippen molar-refractivity contribution < 1.29 is 9.59 Å². The topological polar surface area (TPSA) is 61.4 Å². The normalized spacial score (nSPS) is 10.7. The molecule has 0 aromatic heterocycles. The summed E-state index contributed by atoms with van der Waals surface area (Å²) in [5.74, 6) is -0.335. The first-order valence-corrected chi connectivity index (χ1v) is 5.97. The molecule has 0 saturated heterocycles. The molecule has 0 radical (unpaired) electrons. The maximum Gasteiger partial charge on any atom is 0.251 e. The average Bonchev–Trinajstić information content (AvgIpc) is 2.38. The summed E-state index contributed by atoms with van der Waals surface area (Å²) in [5, 5.41) is 5.26. The number of rotatable bonds is 5. The third-order valence-electron chi connectivity index (χ3n) is 2.38. The van der Waals surface area contributed by atoms with Crippen LogP contribution >= 0.6 is 0 Å². The Morgan fingerprint density at radius 3 is 2.37 bits per heavy atom. The number of hydrogen-bond acceptors (Lipinski definition) is 3. The number of anilines is 1. The van der Waals surface area contributed by atoms with E-state index in [0.29, 0.717) is 17.8 Å². The molecule has 0 unspecified atom stereocenters. The lowest BCUT2D eigenvalue weighted by Gasteiger charge is -2.05. The third kappa shape index (κ3) is 5.35. The van der Waals surface area contributed by atoms with E-state index >= 15 is 0 Å². The van der Waals surface area contributed by atoms with Gasteiger partial charge in [-0.15, -0.1) is 0 Å². The van der Waals surface area contributed by atoms with Gasteiger partial charge in [-0.1, -0.05) is 6.08 Å². The number of hydrogen-bond donors (Lipinski definition) is 2. The second-order valence-electron chi connectivity index (χ2n) is 4.31. The van der Waals surface area contributed by atoms with Gasteiger partial charge in [-0.05, 0) is 38.4 Å². The Morgan fingerprint density at radius 1 is 1.21 bits per heavy atom. The Labute approximate surface area is 113 Å². The highest BCUT2D eigenvalue weighted by molar-refractivity contribution is 6.00. The molecule has 0 fully saturated rings. The Kier molecular flexibility index (Phi) is 5.75. The molecule has 0 aliphatic carbocycles. The van der Waals surface area contributed by atoms with E-state index in [1.165, 1.54) is 6.08 Å². The molecule has 0 aliphatic rings. The molecule has 1 rings (SSSR count). The van der Waals surface area contributed by atoms with Gasteiger partial charge < -0.3 is 15.5 Å². The number of benzene rings is 1. The van der Waals surface area contributed by atoms with Crippen molar-refractivity contribution in [2.45, 2.75) is 0 Å². The maximum absolute atomic E-state index is 11.6. The van der Waals surface area contributed by atoms with Crippen LogP contribution in [0.3, 0.4) is 0 Å². The second kappa shape index (κ2) is 7.33. The molecule has 19 heavy (non-hydrogen) atoms. The molecular formula is C14H19N3O2. The molecule has 102 valence electrons. The van der Waals surface area contributed by atoms with Gasteiger partial charge in [0.15, 0.2) is 0 Å². The molecular weight excluding hydrogens is 242 g/mol. The molecule has 0 saturated carbocycles. The standard InChI is InChI=1S/C14H19N3O2/c1-15-14(19)11-6-8-12(9-7-11)16-13(18)5-4-10-17(2)3/h4-9H,10H2,1-3H3,(H,15,19)(H,16,18). The molecule has 0 spiro atoms. The Bertz CT molecular complexity index is 464. The number of carbonyl (C=O) groups excluding carboxylic acids is 2. The van der Waals surface area contributed by atoms with Gasteiger partial charge in [-0.25, -0.2) is 0 Å². The quantitative estimate of drug-likeness (QED) is 0.780. The van der Waals surface area contributed by atoms with Crippen molar-refractivity contribution in [3.63, 3.8) is 0 Å². The number of nitrogens with one attached hydrogen (secondary N) is 2. The summed E-state index contributed by atoms with van der Waals surface area (Å²) in [5.41, 5.74) is 1.22. The summed E-state index contributed by atoms with van der Waals surface area (Å²) < 4.78 is 0. The SMILES string of the molecule is CNC(=O)c1ccc(NC(=O)C=CCN(C)C)cc1. The van der Waals surface area contributed by atoms with Gasteiger partial charge >= 0.3 is 0 Å². The van der Waals surface area contributed by atoms with Gasteiger partial charge in [0.1, 0.15) is 0 Å². The molecule has 2 amide bonds. The van der Waals surface area contributed by atoms with Crippen LogP contribution in [0.5, 0.6) is 0 Å². The fraction of sp³-hybridized carbons (Fsp3) is 0.286. The van der Waals surface area contributed by atoms with E-state index in [9.17, 15) is 9.59 Å². The fourth-order valence-electron chi connectivity index (χ4n) is 1.40. The lowest BCUT2D eigenvalue weighted by Crippen LogP contribution is -2.17. The van der Waals surface area contributed by atoms with E-state index in [1.54, 1.807) is 37.4 Å². The molecule has 1 aromatic carbocycles. The van der Waals surface area contributed by atoms with Crippen LogP contribution in [0.25, 0.3) is 0 Å². The van der Waals surface area contributed by atoms with Gasteiger partial charge in [0.05, 0.1) is 0 Å². The maximum atomic E-state index is 11.6. The number of amides is 2. The van der Waals surface area contributed by atoms with Crippen LogP contribution in [-0.4, -0.2) is 44.4 Å². The van der Waals surface area contributed by atoms with Gasteiger partial charge in [0.2, 0.25) is 5.91 Å². The Morgan fingerprint density at radius 2 is 1.84 bits per heavy atom. The third-order valence-corrected chi connectivity index (χ3v) is 2.38. The minimum absolute atomic E-state index is 0.149. The second-order valence-corrected chi connectivity index (χ2v) is 4.31. The Balaban J connectivity index is 2.56. The summed E-state index contributed by atoms with van der Waals surface area (Å²) >= 11 is 0. The van der Waals surface area contributed by atoms with Crippen molar-refractivity contribution in [3.05, 3.63) is 42.0 Å². The van der Waals surface area contributed by atoms with Crippen LogP contribution in [0.4, 0.5) is 5.69 Å². The predicted octanol–water partition coefficient (Wildman–Crippen LogP) is 1.10. The average molecular weight is 261 g/mol. The van der Waals surface area contributed by atoms with Crippen molar-refractivity contribution in [1.29, 1.82) is 0 Å². The summed E-state index contributed by atoms with van der Waals surface area (Å²) in [6.07, 6.45) is 3.28. The molecule has 1 aromatic rings. The fourth-order valence-corrected chi connectivity index (χ4v) is 1.40. The van der Waals surface area contributed by atoms with E-state index in [-0.39, 0.29) is 11.8 Å². The van der Waals surface area contributed by atoms with Crippen LogP contribution in [0.15, 0.2) is 36.4 Å². The first kappa shape index (κ1) is 14.9. The molecule has 0 heterocycles. The summed E-state index contributed by atoms with van der Waals surface area (Å²) in [7, 11) is 5.44. The van der Waals surface area contributed by atoms with Crippen molar-refractivity contribution in [1.82, 2.24) is 10.2 Å². The minimum atomic E-state index is -0.186. The summed E-state index contributed by atoms with van der Waals surface area (Å²) in [6, 6.07) is 6.72. The van der Waals surface area contributed by atoms with E-state index in [4.69, 9.17) is 0 Å². The zero-order valence-electron chi connectivity index (χ0n) is 11.4. The van der Waals surface area contributed by atoms with Gasteiger partial charge in [-0.3, -0.25) is 9.59 Å². The van der Waals surface area contributed by atoms with Crippen LogP contribution < -0.4 is 10.6 Å². The lowest BCUT2D eigenvalue weighted by atomic mass is 10.2. The Hall–Kier alpha value is -2.14. The summed E-state index contributed by atoms with van der Waals surface area (Å²) in [6.45, 7) is 0.711. The zero-order valence-corrected chi connectivity index (χ0v) is 11.4. The predicted molar refractivity (Wildman–Crippen MR) is 76.2 cm³/mol. The minimum Gasteiger partial charge on any atom is -0.355 e. The molecule has 0 bridgehead atoms. The molecule has 5 nitrogen and oxygen atoms in total. The van der Waals surface area contributed by atoms with Gasteiger partial charge in [0, 0.05) is 30.9 Å². The molecule has 5 heteroatoms. The number of nitrogens with zero attached hydrogens (tertiary/aromatic N) is 1. The highest BCUT2D eigenvalue weighted by atomic mass is 16.2. The van der Waals surface area contributed by atoms with Gasteiger partial charge in [-0.2, -0.15) is 0 Å². The zero-order chi connectivity index (χ0) is 14.3. The van der Waals surface area contributed by atoms with Crippen LogP contribution in [0.1, 0.15) is 10.4 Å². The van der Waals surface area contributed by atoms with E-state index in [1.807, 2.05) is 19.0 Å². The molecule has 0 aliphatic heterocycles. The van der Waals surface area contributed by atoms with E-state index < -0.39 is 0 Å². The van der Waals surface area contributed by atoms with Crippen LogP contribution in [0.2, 0.25) is 0 Å². The van der Waals surface area contributed by atoms with Crippen molar-refractivity contribution >= 4 is 17.5 Å². The largest absolute Gasteiger partial charge is 0.355 e. The smallest absolute Gasteiger partial charge is 0.251 e. The summed E-state index contributed by atoms with van der Waals surface area (Å²) in [4.78, 5) is 24.9. The monoisotopic (exact) mass is 261 g/mol. The van der Waals surface area contributed by atoms with Crippen molar-refractivity contribution in [3.8, 4) is 0 Å². The first-order chi connectivity index (χ1) is 9.02. The number of likely N-dealkylation sites (N-methyl/N-ethyl adjacent to an activating group) is 1. The highest BCUT2D eigenvalue weighted by Gasteiger charge is 2.03. The van der Waals surface area contributed by atoms with Crippen LogP contribution in [-0.2, 0) is 4.79 Å². The van der Waals surface area contributed by atoms with E-state index in [0.717, 1.165) is 0 Å². The van der Waals surface area contributed by atoms with Crippen molar-refractivity contribution in [2.24, 2.45) is 0 Å². The molecule has 2 N–H and O–H groups in total. The molecule has 0 atom stereocenters. The highest BCUT2D eigenvalue weighted by Crippen LogP contribution is 2.09. The first-order valence-electron chi connectivity index (χ1n) is 5.97. The van der Waals surface area contributed by atoms with Gasteiger partial charge in [0.25, 0.3) is 5.91 Å². The number of carbonyl (C=O) groups is 2. The van der Waals surface area contributed by atoms with Crippen LogP contribution in [0, 0.1) is 0 Å². The van der Waals surface area contributed by atoms with E-state index in [2.05, 4.69) is 10.6 Å². The van der Waals surface area contributed by atoms with Crippen molar-refractivity contribution in [2.75, 3.05) is 33.0 Å².